The molecule has 0 bridgehead atoms. The number of halogens is 1. The van der Waals surface area contributed by atoms with E-state index in [1.165, 1.54) is 26.4 Å². The molecule has 0 atom stereocenters. The number of carbonyl (C=O) groups excluding carboxylic acids is 1. The number of carbonyl (C=O) groups is 1. The third-order valence-corrected chi connectivity index (χ3v) is 4.49. The molecular formula is C18H22ClN3O2. The third-order valence-electron chi connectivity index (χ3n) is 4.26. The van der Waals surface area contributed by atoms with Crippen LogP contribution >= 0.6 is 11.6 Å². The summed E-state index contributed by atoms with van der Waals surface area (Å²) in [6.45, 7) is 0. The second-order valence-corrected chi connectivity index (χ2v) is 6.35. The zero-order valence-electron chi connectivity index (χ0n) is 14.0. The van der Waals surface area contributed by atoms with E-state index < -0.39 is 5.91 Å². The minimum Gasteiger partial charge on any atom is -0.495 e. The summed E-state index contributed by atoms with van der Waals surface area (Å²) in [4.78, 5) is 14.4. The number of benzene rings is 1. The van der Waals surface area contributed by atoms with Gasteiger partial charge < -0.3 is 15.0 Å². The Morgan fingerprint density at radius 2 is 2.12 bits per heavy atom. The van der Waals surface area contributed by atoms with Gasteiger partial charge in [0.25, 0.3) is 5.91 Å². The number of anilines is 1. The van der Waals surface area contributed by atoms with E-state index in [1.807, 2.05) is 18.0 Å². The second-order valence-electron chi connectivity index (χ2n) is 5.91. The normalized spacial score (nSPS) is 15.5. The molecule has 24 heavy (non-hydrogen) atoms. The summed E-state index contributed by atoms with van der Waals surface area (Å²) in [5, 5.41) is 12.5. The van der Waals surface area contributed by atoms with Gasteiger partial charge in [0.05, 0.1) is 12.8 Å². The van der Waals surface area contributed by atoms with Crippen LogP contribution in [0.3, 0.4) is 0 Å². The molecule has 1 aromatic rings. The van der Waals surface area contributed by atoms with E-state index in [4.69, 9.17) is 16.3 Å². The van der Waals surface area contributed by atoms with Crippen LogP contribution in [-0.2, 0) is 4.79 Å². The van der Waals surface area contributed by atoms with E-state index in [2.05, 4.69) is 5.32 Å². The lowest BCUT2D eigenvalue weighted by Crippen LogP contribution is -2.30. The number of ether oxygens (including phenoxy) is 1. The molecule has 1 saturated carbocycles. The van der Waals surface area contributed by atoms with Gasteiger partial charge in [0.1, 0.15) is 17.4 Å². The van der Waals surface area contributed by atoms with Gasteiger partial charge in [0, 0.05) is 24.3 Å². The molecule has 1 aliphatic carbocycles. The molecule has 0 unspecified atom stereocenters. The highest BCUT2D eigenvalue weighted by molar-refractivity contribution is 6.31. The smallest absolute Gasteiger partial charge is 0.267 e. The zero-order valence-corrected chi connectivity index (χ0v) is 14.8. The van der Waals surface area contributed by atoms with E-state index in [-0.39, 0.29) is 5.57 Å². The quantitative estimate of drug-likeness (QED) is 0.646. The molecule has 0 radical (unpaired) electrons. The van der Waals surface area contributed by atoms with E-state index >= 15 is 0 Å². The highest BCUT2D eigenvalue weighted by Crippen LogP contribution is 2.28. The monoisotopic (exact) mass is 347 g/mol. The van der Waals surface area contributed by atoms with Crippen molar-refractivity contribution < 1.29 is 9.53 Å². The van der Waals surface area contributed by atoms with Gasteiger partial charge in [-0.1, -0.05) is 30.9 Å². The zero-order chi connectivity index (χ0) is 17.5. The largest absolute Gasteiger partial charge is 0.495 e. The van der Waals surface area contributed by atoms with Crippen LogP contribution < -0.4 is 10.1 Å². The van der Waals surface area contributed by atoms with Crippen LogP contribution in [0.1, 0.15) is 32.1 Å². The molecule has 0 spiro atoms. The number of nitrogens with one attached hydrogen (secondary N) is 1. The molecule has 128 valence electrons. The van der Waals surface area contributed by atoms with E-state index in [9.17, 15) is 10.1 Å². The van der Waals surface area contributed by atoms with Crippen LogP contribution in [-0.4, -0.2) is 31.0 Å². The highest BCUT2D eigenvalue weighted by Gasteiger charge is 2.19. The number of amides is 1. The van der Waals surface area contributed by atoms with Crippen molar-refractivity contribution in [2.75, 3.05) is 19.5 Å². The Hall–Kier alpha value is -2.19. The minimum absolute atomic E-state index is 0.0603. The third kappa shape index (κ3) is 4.65. The molecule has 0 aromatic heterocycles. The molecule has 1 fully saturated rings. The predicted octanol–water partition coefficient (Wildman–Crippen LogP) is 3.96. The number of nitrogens with zero attached hydrogens (tertiary/aromatic N) is 2. The number of rotatable bonds is 5. The fourth-order valence-electron chi connectivity index (χ4n) is 2.90. The first-order chi connectivity index (χ1) is 11.5. The van der Waals surface area contributed by atoms with Crippen molar-refractivity contribution in [2.45, 2.75) is 38.1 Å². The van der Waals surface area contributed by atoms with Crippen molar-refractivity contribution in [1.29, 1.82) is 5.26 Å². The summed E-state index contributed by atoms with van der Waals surface area (Å²) in [5.41, 5.74) is 0.501. The molecule has 1 amide bonds. The lowest BCUT2D eigenvalue weighted by atomic mass is 9.94. The van der Waals surface area contributed by atoms with E-state index in [0.717, 1.165) is 12.8 Å². The Bertz CT molecular complexity index is 661. The fraction of sp³-hybridized carbons (Fsp3) is 0.444. The lowest BCUT2D eigenvalue weighted by molar-refractivity contribution is -0.112. The number of methoxy groups -OCH3 is 1. The van der Waals surface area contributed by atoms with Crippen LogP contribution in [0.2, 0.25) is 5.02 Å². The van der Waals surface area contributed by atoms with Gasteiger partial charge in [0.15, 0.2) is 0 Å². The molecule has 0 heterocycles. The van der Waals surface area contributed by atoms with Gasteiger partial charge in [-0.05, 0) is 31.0 Å². The topological polar surface area (TPSA) is 65.4 Å². The molecule has 1 N–H and O–H groups in total. The van der Waals surface area contributed by atoms with E-state index in [1.54, 1.807) is 24.4 Å². The molecule has 2 rings (SSSR count). The summed E-state index contributed by atoms with van der Waals surface area (Å²) in [6, 6.07) is 7.30. The van der Waals surface area contributed by atoms with Crippen molar-refractivity contribution in [3.05, 3.63) is 35.0 Å². The van der Waals surface area contributed by atoms with Gasteiger partial charge in [0.2, 0.25) is 0 Å². The number of hydrogen-bond donors (Lipinski definition) is 1. The maximum Gasteiger partial charge on any atom is 0.267 e. The van der Waals surface area contributed by atoms with E-state index in [0.29, 0.717) is 22.5 Å². The second kappa shape index (κ2) is 8.60. The van der Waals surface area contributed by atoms with Crippen LogP contribution in [0.4, 0.5) is 5.69 Å². The standard InChI is InChI=1S/C18H22ClN3O2/c1-22(15-6-4-3-5-7-15)12-13(11-20)18(23)21-16-10-14(19)8-9-17(16)24-2/h8-10,12,15H,3-7H2,1-2H3,(H,21,23)/b13-12-. The number of nitriles is 1. The average molecular weight is 348 g/mol. The van der Waals surface area contributed by atoms with Crippen molar-refractivity contribution in [2.24, 2.45) is 0 Å². The molecule has 0 aliphatic heterocycles. The summed E-state index contributed by atoms with van der Waals surface area (Å²) < 4.78 is 5.20. The Morgan fingerprint density at radius 1 is 1.42 bits per heavy atom. The Kier molecular flexibility index (Phi) is 6.51. The molecular weight excluding hydrogens is 326 g/mol. The summed E-state index contributed by atoms with van der Waals surface area (Å²) >= 11 is 5.96. The van der Waals surface area contributed by atoms with Gasteiger partial charge in [-0.15, -0.1) is 0 Å². The predicted molar refractivity (Wildman–Crippen MR) is 95.0 cm³/mol. The van der Waals surface area contributed by atoms with Gasteiger partial charge in [-0.25, -0.2) is 0 Å². The first-order valence-electron chi connectivity index (χ1n) is 8.04. The van der Waals surface area contributed by atoms with Gasteiger partial charge >= 0.3 is 0 Å². The summed E-state index contributed by atoms with van der Waals surface area (Å²) in [6.07, 6.45) is 7.45. The highest BCUT2D eigenvalue weighted by atomic mass is 35.5. The first-order valence-corrected chi connectivity index (χ1v) is 8.41. The fourth-order valence-corrected chi connectivity index (χ4v) is 3.08. The maximum atomic E-state index is 12.4. The Morgan fingerprint density at radius 3 is 2.75 bits per heavy atom. The average Bonchev–Trinajstić information content (AvgIpc) is 2.60. The molecule has 1 aliphatic rings. The summed E-state index contributed by atoms with van der Waals surface area (Å²) in [7, 11) is 3.43. The van der Waals surface area contributed by atoms with Crippen LogP contribution in [0.5, 0.6) is 5.75 Å². The molecule has 0 saturated heterocycles. The van der Waals surface area contributed by atoms with Gasteiger partial charge in [-0.2, -0.15) is 5.26 Å². The van der Waals surface area contributed by atoms with Crippen molar-refractivity contribution in [3.8, 4) is 11.8 Å². The first kappa shape index (κ1) is 18.2. The molecule has 5 nitrogen and oxygen atoms in total. The Labute approximate surface area is 147 Å². The van der Waals surface area contributed by atoms with Crippen molar-refractivity contribution in [3.63, 3.8) is 0 Å². The molecule has 6 heteroatoms. The minimum atomic E-state index is -0.472. The lowest BCUT2D eigenvalue weighted by Gasteiger charge is -2.30. The Balaban J connectivity index is 2.12. The molecule has 1 aromatic carbocycles. The van der Waals surface area contributed by atoms with Crippen LogP contribution in [0, 0.1) is 11.3 Å². The van der Waals surface area contributed by atoms with Crippen LogP contribution in [0.15, 0.2) is 30.0 Å². The van der Waals surface area contributed by atoms with Crippen molar-refractivity contribution >= 4 is 23.2 Å². The number of hydrogen-bond acceptors (Lipinski definition) is 4. The summed E-state index contributed by atoms with van der Waals surface area (Å²) in [5.74, 6) is 0.0198. The van der Waals surface area contributed by atoms with Crippen LogP contribution in [0.25, 0.3) is 0 Å². The SMILES string of the molecule is COc1ccc(Cl)cc1NC(=O)/C(C#N)=C\N(C)C1CCCCC1. The maximum absolute atomic E-state index is 12.4. The van der Waals surface area contributed by atoms with Crippen molar-refractivity contribution in [1.82, 2.24) is 4.90 Å². The van der Waals surface area contributed by atoms with Gasteiger partial charge in [-0.3, -0.25) is 4.79 Å².